The van der Waals surface area contributed by atoms with Crippen molar-refractivity contribution in [1.29, 1.82) is 0 Å². The molecule has 2 atom stereocenters. The highest BCUT2D eigenvalue weighted by Crippen LogP contribution is 2.45. The van der Waals surface area contributed by atoms with E-state index in [1.165, 1.54) is 51.4 Å². The van der Waals surface area contributed by atoms with Gasteiger partial charge in [-0.3, -0.25) is 9.10 Å². The average Bonchev–Trinajstić information content (AvgIpc) is 2.69. The Morgan fingerprint density at radius 1 is 0.938 bits per heavy atom. The SMILES string of the molecule is O=C1C2CCCCC2SN1C1CCCCC1. The molecule has 1 saturated heterocycles. The summed E-state index contributed by atoms with van der Waals surface area (Å²) in [6, 6.07) is 0.567. The van der Waals surface area contributed by atoms with Crippen molar-refractivity contribution < 1.29 is 4.79 Å². The second kappa shape index (κ2) is 4.59. The summed E-state index contributed by atoms with van der Waals surface area (Å²) in [6.45, 7) is 0. The molecule has 3 heteroatoms. The maximum atomic E-state index is 12.3. The van der Waals surface area contributed by atoms with E-state index >= 15 is 0 Å². The molecule has 0 spiro atoms. The van der Waals surface area contributed by atoms with Crippen molar-refractivity contribution >= 4 is 17.9 Å². The molecule has 0 aromatic rings. The van der Waals surface area contributed by atoms with E-state index in [2.05, 4.69) is 4.31 Å². The summed E-state index contributed by atoms with van der Waals surface area (Å²) in [7, 11) is 0. The van der Waals surface area contributed by atoms with Crippen LogP contribution in [-0.2, 0) is 4.79 Å². The molecule has 3 aliphatic rings. The van der Waals surface area contributed by atoms with E-state index in [4.69, 9.17) is 0 Å². The number of carbonyl (C=O) groups excluding carboxylic acids is 1. The van der Waals surface area contributed by atoms with Crippen molar-refractivity contribution in [3.05, 3.63) is 0 Å². The topological polar surface area (TPSA) is 20.3 Å². The molecule has 1 heterocycles. The summed E-state index contributed by atoms with van der Waals surface area (Å²) in [4.78, 5) is 12.3. The van der Waals surface area contributed by atoms with Crippen molar-refractivity contribution in [2.45, 2.75) is 69.1 Å². The first kappa shape index (κ1) is 10.9. The smallest absolute Gasteiger partial charge is 0.236 e. The summed E-state index contributed by atoms with van der Waals surface area (Å²) in [5, 5.41) is 0.628. The van der Waals surface area contributed by atoms with Crippen LogP contribution in [0.3, 0.4) is 0 Å². The molecule has 0 radical (unpaired) electrons. The van der Waals surface area contributed by atoms with Crippen molar-refractivity contribution in [3.8, 4) is 0 Å². The highest BCUT2D eigenvalue weighted by Gasteiger charge is 2.44. The molecule has 16 heavy (non-hydrogen) atoms. The summed E-state index contributed by atoms with van der Waals surface area (Å²) in [5.41, 5.74) is 0. The molecule has 3 rings (SSSR count). The zero-order valence-corrected chi connectivity index (χ0v) is 10.7. The van der Waals surface area contributed by atoms with Gasteiger partial charge in [-0.05, 0) is 37.6 Å². The molecule has 2 saturated carbocycles. The zero-order valence-electron chi connectivity index (χ0n) is 9.86. The maximum absolute atomic E-state index is 12.3. The van der Waals surface area contributed by atoms with Crippen molar-refractivity contribution in [2.24, 2.45) is 5.92 Å². The first-order valence-corrected chi connectivity index (χ1v) is 7.70. The number of fused-ring (bicyclic) bond motifs is 1. The van der Waals surface area contributed by atoms with Crippen LogP contribution in [0, 0.1) is 5.92 Å². The van der Waals surface area contributed by atoms with Gasteiger partial charge < -0.3 is 0 Å². The third-order valence-corrected chi connectivity index (χ3v) is 5.93. The van der Waals surface area contributed by atoms with Crippen molar-refractivity contribution in [1.82, 2.24) is 4.31 Å². The average molecular weight is 239 g/mol. The third-order valence-electron chi connectivity index (χ3n) is 4.39. The summed E-state index contributed by atoms with van der Waals surface area (Å²) in [5.74, 6) is 0.849. The van der Waals surface area contributed by atoms with Gasteiger partial charge in [0.05, 0.1) is 5.92 Å². The van der Waals surface area contributed by atoms with Gasteiger partial charge in [0.25, 0.3) is 0 Å². The zero-order chi connectivity index (χ0) is 11.0. The number of rotatable bonds is 1. The molecule has 2 nitrogen and oxygen atoms in total. The summed E-state index contributed by atoms with van der Waals surface area (Å²) < 4.78 is 2.18. The van der Waals surface area contributed by atoms with Gasteiger partial charge in [-0.15, -0.1) is 0 Å². The fourth-order valence-electron chi connectivity index (χ4n) is 3.45. The summed E-state index contributed by atoms with van der Waals surface area (Å²) >= 11 is 1.89. The normalized spacial score (nSPS) is 36.5. The lowest BCUT2D eigenvalue weighted by molar-refractivity contribution is -0.131. The Hall–Kier alpha value is -0.180. The number of nitrogens with zero attached hydrogens (tertiary/aromatic N) is 1. The lowest BCUT2D eigenvalue weighted by Crippen LogP contribution is -2.35. The van der Waals surface area contributed by atoms with E-state index in [1.807, 2.05) is 11.9 Å². The van der Waals surface area contributed by atoms with E-state index in [-0.39, 0.29) is 0 Å². The van der Waals surface area contributed by atoms with Crippen LogP contribution in [0.25, 0.3) is 0 Å². The molecule has 0 bridgehead atoms. The fraction of sp³-hybridized carbons (Fsp3) is 0.923. The first-order chi connectivity index (χ1) is 7.86. The van der Waals surface area contributed by atoms with Gasteiger partial charge >= 0.3 is 0 Å². The molecule has 2 aliphatic carbocycles. The number of hydrogen-bond donors (Lipinski definition) is 0. The van der Waals surface area contributed by atoms with Crippen LogP contribution in [0.5, 0.6) is 0 Å². The highest BCUT2D eigenvalue weighted by atomic mass is 32.2. The number of hydrogen-bond acceptors (Lipinski definition) is 2. The summed E-state index contributed by atoms with van der Waals surface area (Å²) in [6.07, 6.45) is 11.5. The molecule has 90 valence electrons. The maximum Gasteiger partial charge on any atom is 0.236 e. The van der Waals surface area contributed by atoms with E-state index in [0.29, 0.717) is 23.1 Å². The van der Waals surface area contributed by atoms with Gasteiger partial charge in [-0.25, -0.2) is 0 Å². The van der Waals surface area contributed by atoms with Crippen LogP contribution in [0.4, 0.5) is 0 Å². The van der Waals surface area contributed by atoms with E-state index in [0.717, 1.165) is 6.42 Å². The standard InChI is InChI=1S/C13H21NOS/c15-13-11-8-4-5-9-12(11)16-14(13)10-6-2-1-3-7-10/h10-12H,1-9H2. The van der Waals surface area contributed by atoms with Gasteiger partial charge in [-0.1, -0.05) is 32.1 Å². The van der Waals surface area contributed by atoms with Gasteiger partial charge in [0.2, 0.25) is 5.91 Å². The molecule has 3 fully saturated rings. The minimum absolute atomic E-state index is 0.376. The first-order valence-electron chi connectivity index (χ1n) is 6.86. The molecule has 2 unspecified atom stereocenters. The van der Waals surface area contributed by atoms with Crippen molar-refractivity contribution in [3.63, 3.8) is 0 Å². The Kier molecular flexibility index (Phi) is 3.14. The van der Waals surface area contributed by atoms with E-state index < -0.39 is 0 Å². The third kappa shape index (κ3) is 1.87. The Morgan fingerprint density at radius 2 is 1.62 bits per heavy atom. The number of amides is 1. The minimum Gasteiger partial charge on any atom is -0.283 e. The Labute approximate surface area is 102 Å². The Bertz CT molecular complexity index is 275. The lowest BCUT2D eigenvalue weighted by Gasteiger charge is -2.30. The second-order valence-electron chi connectivity index (χ2n) is 5.49. The van der Waals surface area contributed by atoms with Gasteiger partial charge in [-0.2, -0.15) is 0 Å². The molecule has 0 aromatic carbocycles. The predicted molar refractivity (Wildman–Crippen MR) is 67.1 cm³/mol. The van der Waals surface area contributed by atoms with Crippen LogP contribution < -0.4 is 0 Å². The molecule has 1 amide bonds. The fourth-order valence-corrected chi connectivity index (χ4v) is 5.03. The second-order valence-corrected chi connectivity index (χ2v) is 6.70. The monoisotopic (exact) mass is 239 g/mol. The van der Waals surface area contributed by atoms with Crippen LogP contribution in [-0.4, -0.2) is 21.5 Å². The minimum atomic E-state index is 0.376. The molecular formula is C13H21NOS. The van der Waals surface area contributed by atoms with Crippen LogP contribution in [0.2, 0.25) is 0 Å². The van der Waals surface area contributed by atoms with Crippen LogP contribution in [0.15, 0.2) is 0 Å². The predicted octanol–water partition coefficient (Wildman–Crippen LogP) is 3.37. The van der Waals surface area contributed by atoms with Gasteiger partial charge in [0.1, 0.15) is 0 Å². The van der Waals surface area contributed by atoms with Gasteiger partial charge in [0.15, 0.2) is 0 Å². The number of carbonyl (C=O) groups is 1. The largest absolute Gasteiger partial charge is 0.283 e. The van der Waals surface area contributed by atoms with Crippen molar-refractivity contribution in [2.75, 3.05) is 0 Å². The lowest BCUT2D eigenvalue weighted by atomic mass is 9.87. The molecule has 0 N–H and O–H groups in total. The molecular weight excluding hydrogens is 218 g/mol. The Morgan fingerprint density at radius 3 is 2.38 bits per heavy atom. The Balaban J connectivity index is 1.69. The quantitative estimate of drug-likeness (QED) is 0.654. The molecule has 0 aromatic heterocycles. The molecule has 1 aliphatic heterocycles. The van der Waals surface area contributed by atoms with Crippen LogP contribution in [0.1, 0.15) is 57.8 Å². The highest BCUT2D eigenvalue weighted by molar-refractivity contribution is 7.98. The van der Waals surface area contributed by atoms with Gasteiger partial charge in [0, 0.05) is 11.3 Å². The van der Waals surface area contributed by atoms with Crippen LogP contribution >= 0.6 is 11.9 Å². The van der Waals surface area contributed by atoms with E-state index in [9.17, 15) is 4.79 Å². The van der Waals surface area contributed by atoms with E-state index in [1.54, 1.807) is 0 Å².